The lowest BCUT2D eigenvalue weighted by Gasteiger charge is -2.23. The van der Waals surface area contributed by atoms with Gasteiger partial charge in [0.25, 0.3) is 0 Å². The van der Waals surface area contributed by atoms with Crippen molar-refractivity contribution in [2.45, 2.75) is 54.9 Å². The molecule has 0 bridgehead atoms. The van der Waals surface area contributed by atoms with Gasteiger partial charge in [-0.25, -0.2) is 0 Å². The fourth-order valence-corrected chi connectivity index (χ4v) is 5.99. The maximum atomic E-state index is 3.93. The molecule has 34 heavy (non-hydrogen) atoms. The summed E-state index contributed by atoms with van der Waals surface area (Å²) < 4.78 is 0. The summed E-state index contributed by atoms with van der Waals surface area (Å²) in [5.41, 5.74) is 13.9. The van der Waals surface area contributed by atoms with E-state index in [4.69, 9.17) is 0 Å². The van der Waals surface area contributed by atoms with Crippen LogP contribution in [0, 0.1) is 20.8 Å². The molecule has 0 N–H and O–H groups in total. The van der Waals surface area contributed by atoms with Gasteiger partial charge in [0, 0.05) is 0 Å². The minimum Gasteiger partial charge on any atom is -0.0991 e. The van der Waals surface area contributed by atoms with E-state index in [1.807, 2.05) is 19.9 Å². The Labute approximate surface area is 205 Å². The fraction of sp³-hybridized carbons (Fsp3) is 0.235. The van der Waals surface area contributed by atoms with Gasteiger partial charge < -0.3 is 0 Å². The van der Waals surface area contributed by atoms with Gasteiger partial charge in [-0.15, -0.1) is 0 Å². The summed E-state index contributed by atoms with van der Waals surface area (Å²) in [6.45, 7) is 19.3. The van der Waals surface area contributed by atoms with Crippen LogP contribution in [0.5, 0.6) is 0 Å². The molecular weight excluding hydrogens is 408 g/mol. The van der Waals surface area contributed by atoms with Crippen molar-refractivity contribution in [3.05, 3.63) is 94.6 Å². The van der Waals surface area contributed by atoms with Crippen LogP contribution in [0.25, 0.3) is 56.0 Å². The number of fused-ring (bicyclic) bond motifs is 4. The first-order valence-corrected chi connectivity index (χ1v) is 12.6. The SMILES string of the molecule is C=C/C=C\c1c(C)c(CC)c(/C=C\C)c2c(C)c3c(c(C)c12)-c1cccc2cccc-3c12.CC. The molecule has 0 saturated heterocycles. The van der Waals surface area contributed by atoms with E-state index in [9.17, 15) is 0 Å². The first kappa shape index (κ1) is 23.8. The molecule has 172 valence electrons. The van der Waals surface area contributed by atoms with E-state index in [1.54, 1.807) is 0 Å². The van der Waals surface area contributed by atoms with E-state index >= 15 is 0 Å². The highest BCUT2D eigenvalue weighted by Gasteiger charge is 2.28. The molecule has 0 aliphatic heterocycles. The van der Waals surface area contributed by atoms with Crippen LogP contribution in [0.3, 0.4) is 0 Å². The highest BCUT2D eigenvalue weighted by Crippen LogP contribution is 2.53. The average molecular weight is 445 g/mol. The molecule has 0 radical (unpaired) electrons. The molecule has 0 heteroatoms. The van der Waals surface area contributed by atoms with E-state index < -0.39 is 0 Å². The average Bonchev–Trinajstić information content (AvgIpc) is 3.20. The summed E-state index contributed by atoms with van der Waals surface area (Å²) in [5.74, 6) is 0. The molecule has 5 rings (SSSR count). The third-order valence-corrected chi connectivity index (χ3v) is 7.25. The topological polar surface area (TPSA) is 0 Å². The third kappa shape index (κ3) is 3.28. The maximum absolute atomic E-state index is 3.93. The number of hydrogen-bond donors (Lipinski definition) is 0. The van der Waals surface area contributed by atoms with Crippen LogP contribution in [0.15, 0.2) is 61.2 Å². The highest BCUT2D eigenvalue weighted by atomic mass is 14.3. The summed E-state index contributed by atoms with van der Waals surface area (Å²) in [5, 5.41) is 5.50. The van der Waals surface area contributed by atoms with Gasteiger partial charge in [-0.05, 0) is 111 Å². The second-order valence-electron chi connectivity index (χ2n) is 8.84. The second kappa shape index (κ2) is 9.47. The smallest absolute Gasteiger partial charge is 0.00262 e. The van der Waals surface area contributed by atoms with Crippen LogP contribution in [0.1, 0.15) is 61.1 Å². The Bertz CT molecular complexity index is 1480. The van der Waals surface area contributed by atoms with Crippen LogP contribution in [0.4, 0.5) is 0 Å². The van der Waals surface area contributed by atoms with Crippen molar-refractivity contribution in [3.8, 4) is 22.3 Å². The Morgan fingerprint density at radius 3 is 1.79 bits per heavy atom. The fourth-order valence-electron chi connectivity index (χ4n) is 5.99. The molecule has 1 aliphatic rings. The Morgan fingerprint density at radius 2 is 1.29 bits per heavy atom. The zero-order valence-corrected chi connectivity index (χ0v) is 21.8. The van der Waals surface area contributed by atoms with E-state index in [0.717, 1.165) is 6.42 Å². The minimum absolute atomic E-state index is 1.02. The lowest BCUT2D eigenvalue weighted by molar-refractivity contribution is 1.11. The molecule has 0 nitrogen and oxygen atoms in total. The Morgan fingerprint density at radius 1 is 0.735 bits per heavy atom. The summed E-state index contributed by atoms with van der Waals surface area (Å²) >= 11 is 0. The number of aryl methyl sites for hydroxylation is 2. The summed E-state index contributed by atoms with van der Waals surface area (Å²) in [7, 11) is 0. The largest absolute Gasteiger partial charge is 0.0991 e. The summed E-state index contributed by atoms with van der Waals surface area (Å²) in [6, 6.07) is 13.5. The van der Waals surface area contributed by atoms with Crippen LogP contribution in [-0.4, -0.2) is 0 Å². The molecule has 0 unspecified atom stereocenters. The second-order valence-corrected chi connectivity index (χ2v) is 8.84. The number of rotatable bonds is 4. The molecule has 4 aromatic rings. The van der Waals surface area contributed by atoms with Crippen molar-refractivity contribution >= 4 is 33.7 Å². The zero-order valence-electron chi connectivity index (χ0n) is 21.8. The minimum atomic E-state index is 1.02. The predicted molar refractivity (Wildman–Crippen MR) is 155 cm³/mol. The first-order valence-electron chi connectivity index (χ1n) is 12.6. The van der Waals surface area contributed by atoms with Crippen LogP contribution in [0.2, 0.25) is 0 Å². The van der Waals surface area contributed by atoms with Gasteiger partial charge in [0.15, 0.2) is 0 Å². The van der Waals surface area contributed by atoms with Gasteiger partial charge in [0.2, 0.25) is 0 Å². The van der Waals surface area contributed by atoms with Crippen molar-refractivity contribution < 1.29 is 0 Å². The van der Waals surface area contributed by atoms with Gasteiger partial charge >= 0.3 is 0 Å². The third-order valence-electron chi connectivity index (χ3n) is 7.25. The number of benzene rings is 4. The Hall–Kier alpha value is -3.38. The van der Waals surface area contributed by atoms with Crippen LogP contribution >= 0.6 is 0 Å². The van der Waals surface area contributed by atoms with Crippen LogP contribution < -0.4 is 0 Å². The Kier molecular flexibility index (Phi) is 6.62. The molecule has 4 aromatic carbocycles. The van der Waals surface area contributed by atoms with Crippen molar-refractivity contribution in [2.24, 2.45) is 0 Å². The molecule has 0 aromatic heterocycles. The Balaban J connectivity index is 0.00000133. The van der Waals surface area contributed by atoms with E-state index in [-0.39, 0.29) is 0 Å². The van der Waals surface area contributed by atoms with Gasteiger partial charge in [0.1, 0.15) is 0 Å². The normalized spacial score (nSPS) is 12.0. The van der Waals surface area contributed by atoms with E-state index in [2.05, 4.69) is 102 Å². The van der Waals surface area contributed by atoms with Crippen molar-refractivity contribution in [1.82, 2.24) is 0 Å². The van der Waals surface area contributed by atoms with E-state index in [0.29, 0.717) is 0 Å². The standard InChI is InChI=1S/C32H30.C2H6/c1-7-10-16-24-19(4)23(9-3)25(13-8-2)29-21(6)31-27-18-12-15-22-14-11-17-26(32(22)27)30(31)20(5)28(24)29;1-2/h7-8,10-18H,1,9H2,2-6H3;1-2H3/b13-8-,16-10-;. The molecule has 0 heterocycles. The monoisotopic (exact) mass is 444 g/mol. The first-order chi connectivity index (χ1) is 16.5. The van der Waals surface area contributed by atoms with Gasteiger partial charge in [-0.2, -0.15) is 0 Å². The van der Waals surface area contributed by atoms with Crippen molar-refractivity contribution in [1.29, 1.82) is 0 Å². The van der Waals surface area contributed by atoms with Crippen molar-refractivity contribution in [3.63, 3.8) is 0 Å². The highest BCUT2D eigenvalue weighted by molar-refractivity contribution is 6.21. The molecule has 0 spiro atoms. The predicted octanol–water partition coefficient (Wildman–Crippen LogP) is 10.4. The quantitative estimate of drug-likeness (QED) is 0.242. The van der Waals surface area contributed by atoms with Crippen molar-refractivity contribution in [2.75, 3.05) is 0 Å². The van der Waals surface area contributed by atoms with Gasteiger partial charge in [-0.1, -0.05) is 94.1 Å². The zero-order chi connectivity index (χ0) is 24.6. The van der Waals surface area contributed by atoms with Crippen LogP contribution in [-0.2, 0) is 6.42 Å². The lowest BCUT2D eigenvalue weighted by Crippen LogP contribution is -2.02. The molecule has 1 aliphatic carbocycles. The number of allylic oxidation sites excluding steroid dienone is 3. The molecule has 0 fully saturated rings. The van der Waals surface area contributed by atoms with E-state index in [1.165, 1.54) is 77.2 Å². The molecule has 0 atom stereocenters. The maximum Gasteiger partial charge on any atom is -0.00262 e. The van der Waals surface area contributed by atoms with Gasteiger partial charge in [-0.3, -0.25) is 0 Å². The molecular formula is C34H36. The summed E-state index contributed by atoms with van der Waals surface area (Å²) in [6.07, 6.45) is 11.7. The molecule has 0 amide bonds. The summed E-state index contributed by atoms with van der Waals surface area (Å²) in [4.78, 5) is 0. The number of hydrogen-bond acceptors (Lipinski definition) is 0. The van der Waals surface area contributed by atoms with Gasteiger partial charge in [0.05, 0.1) is 0 Å². The lowest BCUT2D eigenvalue weighted by atomic mass is 9.80. The molecule has 0 saturated carbocycles.